The zero-order chi connectivity index (χ0) is 23.7. The third kappa shape index (κ3) is 4.59. The van der Waals surface area contributed by atoms with Gasteiger partial charge in [0.25, 0.3) is 0 Å². The van der Waals surface area contributed by atoms with Crippen LogP contribution in [0.3, 0.4) is 0 Å². The van der Waals surface area contributed by atoms with Crippen LogP contribution < -0.4 is 20.3 Å². The number of carbonyl (C=O) groups excluding carboxylic acids is 1. The molecule has 2 N–H and O–H groups in total. The molecule has 2 aromatic heterocycles. The minimum Gasteiger partial charge on any atom is -0.494 e. The fraction of sp³-hybridized carbons (Fsp3) is 0.391. The van der Waals surface area contributed by atoms with E-state index in [1.165, 1.54) is 13.2 Å². The van der Waals surface area contributed by atoms with Gasteiger partial charge in [0.1, 0.15) is 11.7 Å². The first-order chi connectivity index (χ1) is 15.8. The van der Waals surface area contributed by atoms with Gasteiger partial charge in [-0.25, -0.2) is 9.37 Å². The molecule has 1 aliphatic heterocycles. The Bertz CT molecular complexity index is 1180. The summed E-state index contributed by atoms with van der Waals surface area (Å²) in [6.07, 6.45) is 3.64. The monoisotopic (exact) mass is 453 g/mol. The van der Waals surface area contributed by atoms with Gasteiger partial charge in [0.05, 0.1) is 25.5 Å². The van der Waals surface area contributed by atoms with Crippen LogP contribution >= 0.6 is 0 Å². The van der Waals surface area contributed by atoms with Crippen LogP contribution in [0.15, 0.2) is 30.6 Å². The number of benzene rings is 1. The molecule has 0 spiro atoms. The number of rotatable bonds is 7. The molecule has 33 heavy (non-hydrogen) atoms. The number of nitrogens with one attached hydrogen (secondary N) is 2. The normalized spacial score (nSPS) is 15.4. The van der Waals surface area contributed by atoms with Crippen LogP contribution in [0.1, 0.15) is 30.7 Å². The van der Waals surface area contributed by atoms with Gasteiger partial charge in [0.15, 0.2) is 17.4 Å². The highest BCUT2D eigenvalue weighted by molar-refractivity contribution is 6.03. The topological polar surface area (TPSA) is 97.2 Å². The van der Waals surface area contributed by atoms with Crippen LogP contribution in [0.2, 0.25) is 0 Å². The van der Waals surface area contributed by atoms with Crippen molar-refractivity contribution < 1.29 is 13.9 Å². The predicted octanol–water partition coefficient (Wildman–Crippen LogP) is 3.20. The second-order valence-electron chi connectivity index (χ2n) is 8.49. The van der Waals surface area contributed by atoms with Gasteiger partial charge in [0.2, 0.25) is 11.9 Å². The molecule has 0 bridgehead atoms. The third-order valence-electron chi connectivity index (χ3n) is 5.67. The Kier molecular flexibility index (Phi) is 6.17. The molecule has 0 radical (unpaired) electrons. The predicted molar refractivity (Wildman–Crippen MR) is 124 cm³/mol. The molecule has 0 saturated heterocycles. The van der Waals surface area contributed by atoms with Crippen LogP contribution in [-0.2, 0) is 17.9 Å². The molecule has 4 rings (SSSR count). The first-order valence-corrected chi connectivity index (χ1v) is 10.8. The van der Waals surface area contributed by atoms with Crippen molar-refractivity contribution in [3.63, 3.8) is 0 Å². The number of aryl methyl sites for hydroxylation is 1. The van der Waals surface area contributed by atoms with Gasteiger partial charge in [-0.05, 0) is 30.5 Å². The number of likely N-dealkylation sites (N-methyl/N-ethyl adjacent to an activating group) is 1. The standard InChI is InChI=1S/C23H28FN7O2/c1-13(2)20-22(32)28-19-14(3)27-23(29-21(19)30(20)4)25-9-16-10-26-31(12-16)11-15-6-7-18(33-5)17(24)8-15/h6-8,10,12-13,20H,9,11H2,1-5H3,(H,28,32)(H,25,27,29)/t20-/m0/s1. The lowest BCUT2D eigenvalue weighted by Gasteiger charge is -2.36. The summed E-state index contributed by atoms with van der Waals surface area (Å²) in [6.45, 7) is 6.78. The zero-order valence-electron chi connectivity index (χ0n) is 19.4. The third-order valence-corrected chi connectivity index (χ3v) is 5.67. The summed E-state index contributed by atoms with van der Waals surface area (Å²) >= 11 is 0. The van der Waals surface area contributed by atoms with E-state index >= 15 is 0 Å². The highest BCUT2D eigenvalue weighted by Crippen LogP contribution is 2.34. The molecular weight excluding hydrogens is 425 g/mol. The quantitative estimate of drug-likeness (QED) is 0.567. The molecule has 0 fully saturated rings. The number of hydrogen-bond donors (Lipinski definition) is 2. The van der Waals surface area contributed by atoms with Gasteiger partial charge >= 0.3 is 0 Å². The first-order valence-electron chi connectivity index (χ1n) is 10.8. The Hall–Kier alpha value is -3.69. The smallest absolute Gasteiger partial charge is 0.247 e. The van der Waals surface area contributed by atoms with Gasteiger partial charge in [-0.1, -0.05) is 19.9 Å². The molecule has 1 aliphatic rings. The molecule has 3 heterocycles. The maximum atomic E-state index is 13.9. The number of amides is 1. The van der Waals surface area contributed by atoms with E-state index in [-0.39, 0.29) is 23.6 Å². The number of halogens is 1. The van der Waals surface area contributed by atoms with Crippen molar-refractivity contribution in [2.24, 2.45) is 5.92 Å². The van der Waals surface area contributed by atoms with E-state index in [0.717, 1.165) is 11.1 Å². The maximum Gasteiger partial charge on any atom is 0.247 e. The number of nitrogens with zero attached hydrogens (tertiary/aromatic N) is 5. The number of carbonyl (C=O) groups is 1. The largest absolute Gasteiger partial charge is 0.494 e. The maximum absolute atomic E-state index is 13.9. The second-order valence-corrected chi connectivity index (χ2v) is 8.49. The lowest BCUT2D eigenvalue weighted by atomic mass is 9.99. The minimum absolute atomic E-state index is 0.0448. The molecule has 1 aromatic carbocycles. The Balaban J connectivity index is 1.45. The van der Waals surface area contributed by atoms with Crippen molar-refractivity contribution in [3.8, 4) is 5.75 Å². The van der Waals surface area contributed by atoms with Gasteiger partial charge in [-0.2, -0.15) is 10.1 Å². The van der Waals surface area contributed by atoms with Crippen molar-refractivity contribution in [2.45, 2.75) is 39.9 Å². The highest BCUT2D eigenvalue weighted by Gasteiger charge is 2.35. The molecule has 9 nitrogen and oxygen atoms in total. The summed E-state index contributed by atoms with van der Waals surface area (Å²) in [7, 11) is 3.32. The van der Waals surface area contributed by atoms with Crippen LogP contribution in [-0.4, -0.2) is 45.9 Å². The zero-order valence-corrected chi connectivity index (χ0v) is 19.4. The summed E-state index contributed by atoms with van der Waals surface area (Å²) < 4.78 is 20.6. The van der Waals surface area contributed by atoms with E-state index in [1.54, 1.807) is 16.9 Å². The summed E-state index contributed by atoms with van der Waals surface area (Å²) in [5.74, 6) is 1.08. The van der Waals surface area contributed by atoms with Gasteiger partial charge in [0, 0.05) is 25.4 Å². The Morgan fingerprint density at radius 3 is 2.76 bits per heavy atom. The first kappa shape index (κ1) is 22.5. The molecule has 174 valence electrons. The van der Waals surface area contributed by atoms with E-state index in [0.29, 0.717) is 36.2 Å². The SMILES string of the molecule is COc1ccc(Cn2cc(CNc3nc(C)c4c(n3)N(C)[C@@H](C(C)C)C(=O)N4)cn2)cc1F. The fourth-order valence-corrected chi connectivity index (χ4v) is 4.05. The Morgan fingerprint density at radius 1 is 1.27 bits per heavy atom. The van der Waals surface area contributed by atoms with E-state index in [1.807, 2.05) is 45.0 Å². The Labute approximate surface area is 192 Å². The average molecular weight is 454 g/mol. The summed E-state index contributed by atoms with van der Waals surface area (Å²) in [6, 6.07) is 4.57. The van der Waals surface area contributed by atoms with E-state index in [2.05, 4.69) is 25.7 Å². The number of fused-ring (bicyclic) bond motifs is 1. The Morgan fingerprint density at radius 2 is 2.06 bits per heavy atom. The van der Waals surface area contributed by atoms with Gasteiger partial charge in [-0.15, -0.1) is 0 Å². The number of aromatic nitrogens is 4. The molecule has 0 saturated carbocycles. The molecular formula is C23H28FN7O2. The highest BCUT2D eigenvalue weighted by atomic mass is 19.1. The van der Waals surface area contributed by atoms with Crippen molar-refractivity contribution in [3.05, 3.63) is 53.2 Å². The van der Waals surface area contributed by atoms with E-state index in [4.69, 9.17) is 4.74 Å². The molecule has 10 heteroatoms. The number of ether oxygens (including phenoxy) is 1. The molecule has 3 aromatic rings. The fourth-order valence-electron chi connectivity index (χ4n) is 4.05. The summed E-state index contributed by atoms with van der Waals surface area (Å²) in [5.41, 5.74) is 3.06. The van der Waals surface area contributed by atoms with Crippen molar-refractivity contribution in [1.29, 1.82) is 0 Å². The van der Waals surface area contributed by atoms with Crippen molar-refractivity contribution in [2.75, 3.05) is 29.7 Å². The number of anilines is 3. The van der Waals surface area contributed by atoms with Gasteiger partial charge in [-0.3, -0.25) is 9.48 Å². The minimum atomic E-state index is -0.398. The molecule has 1 atom stereocenters. The summed E-state index contributed by atoms with van der Waals surface area (Å²) in [4.78, 5) is 23.5. The van der Waals surface area contributed by atoms with E-state index < -0.39 is 5.82 Å². The van der Waals surface area contributed by atoms with Crippen LogP contribution in [0.25, 0.3) is 0 Å². The molecule has 0 aliphatic carbocycles. The second kappa shape index (κ2) is 9.05. The summed E-state index contributed by atoms with van der Waals surface area (Å²) in [5, 5.41) is 10.5. The average Bonchev–Trinajstić information content (AvgIpc) is 3.20. The molecule has 0 unspecified atom stereocenters. The van der Waals surface area contributed by atoms with Crippen molar-refractivity contribution >= 4 is 23.4 Å². The van der Waals surface area contributed by atoms with E-state index in [9.17, 15) is 9.18 Å². The lowest BCUT2D eigenvalue weighted by molar-refractivity contribution is -0.118. The van der Waals surface area contributed by atoms with Gasteiger partial charge < -0.3 is 20.3 Å². The lowest BCUT2D eigenvalue weighted by Crippen LogP contribution is -2.49. The van der Waals surface area contributed by atoms with Crippen LogP contribution in [0, 0.1) is 18.7 Å². The molecule has 1 amide bonds. The number of methoxy groups -OCH3 is 1. The number of hydrogen-bond acceptors (Lipinski definition) is 7. The van der Waals surface area contributed by atoms with Crippen LogP contribution in [0.4, 0.5) is 21.8 Å². The van der Waals surface area contributed by atoms with Crippen molar-refractivity contribution in [1.82, 2.24) is 19.7 Å². The van der Waals surface area contributed by atoms with Crippen LogP contribution in [0.5, 0.6) is 5.75 Å².